The van der Waals surface area contributed by atoms with Crippen molar-refractivity contribution in [2.24, 2.45) is 5.92 Å². The van der Waals surface area contributed by atoms with Crippen molar-refractivity contribution in [1.29, 1.82) is 0 Å². The number of rotatable bonds is 7. The number of hydrogen-bond acceptors (Lipinski definition) is 2. The second kappa shape index (κ2) is 8.43. The van der Waals surface area contributed by atoms with Gasteiger partial charge in [0.15, 0.2) is 0 Å². The van der Waals surface area contributed by atoms with E-state index in [4.69, 9.17) is 4.74 Å². The molecule has 1 N–H and O–H groups in total. The van der Waals surface area contributed by atoms with Crippen molar-refractivity contribution >= 4 is 0 Å². The summed E-state index contributed by atoms with van der Waals surface area (Å²) in [7, 11) is 0. The molecule has 118 valence electrons. The lowest BCUT2D eigenvalue weighted by molar-refractivity contribution is 0.268. The Morgan fingerprint density at radius 2 is 1.76 bits per heavy atom. The van der Waals surface area contributed by atoms with Crippen LogP contribution >= 0.6 is 0 Å². The average molecular weight is 289 g/mol. The lowest BCUT2D eigenvalue weighted by atomic mass is 9.84. The van der Waals surface area contributed by atoms with Crippen LogP contribution in [0.15, 0.2) is 24.3 Å². The van der Waals surface area contributed by atoms with Crippen molar-refractivity contribution in [3.63, 3.8) is 0 Å². The number of benzene rings is 1. The first-order valence-electron chi connectivity index (χ1n) is 8.69. The maximum atomic E-state index is 5.65. The number of ether oxygens (including phenoxy) is 1. The summed E-state index contributed by atoms with van der Waals surface area (Å²) in [5, 5.41) is 3.79. The third kappa shape index (κ3) is 5.03. The zero-order valence-corrected chi connectivity index (χ0v) is 13.9. The van der Waals surface area contributed by atoms with Crippen LogP contribution in [0.25, 0.3) is 0 Å². The fraction of sp³-hybridized carbons (Fsp3) is 0.684. The predicted octanol–water partition coefficient (Wildman–Crippen LogP) is 5.09. The Hall–Kier alpha value is -1.02. The lowest BCUT2D eigenvalue weighted by Gasteiger charge is -2.30. The Balaban J connectivity index is 1.85. The van der Waals surface area contributed by atoms with Crippen LogP contribution in [0.1, 0.15) is 70.9 Å². The van der Waals surface area contributed by atoms with Gasteiger partial charge in [0.2, 0.25) is 0 Å². The van der Waals surface area contributed by atoms with Gasteiger partial charge < -0.3 is 10.1 Å². The van der Waals surface area contributed by atoms with Crippen LogP contribution in [-0.2, 0) is 0 Å². The smallest absolute Gasteiger partial charge is 0.119 e. The SMILES string of the molecule is CCCOc1ccc(C(C)N[C@@H](C)C2CCCCC2)cc1. The van der Waals surface area contributed by atoms with E-state index >= 15 is 0 Å². The van der Waals surface area contributed by atoms with Gasteiger partial charge in [-0.25, -0.2) is 0 Å². The largest absolute Gasteiger partial charge is 0.494 e. The van der Waals surface area contributed by atoms with Crippen molar-refractivity contribution < 1.29 is 4.74 Å². The van der Waals surface area contributed by atoms with E-state index in [-0.39, 0.29) is 0 Å². The van der Waals surface area contributed by atoms with Crippen molar-refractivity contribution in [2.75, 3.05) is 6.61 Å². The molecule has 1 aliphatic carbocycles. The molecule has 0 saturated heterocycles. The topological polar surface area (TPSA) is 21.3 Å². The van der Waals surface area contributed by atoms with Crippen LogP contribution < -0.4 is 10.1 Å². The first kappa shape index (κ1) is 16.4. The van der Waals surface area contributed by atoms with E-state index < -0.39 is 0 Å². The molecule has 1 aromatic rings. The fourth-order valence-corrected chi connectivity index (χ4v) is 3.33. The molecule has 1 aliphatic rings. The highest BCUT2D eigenvalue weighted by Crippen LogP contribution is 2.28. The molecule has 0 radical (unpaired) electrons. The van der Waals surface area contributed by atoms with Crippen molar-refractivity contribution in [1.82, 2.24) is 5.32 Å². The molecule has 0 spiro atoms. The van der Waals surface area contributed by atoms with E-state index in [0.29, 0.717) is 12.1 Å². The molecule has 1 aromatic carbocycles. The van der Waals surface area contributed by atoms with Gasteiger partial charge >= 0.3 is 0 Å². The van der Waals surface area contributed by atoms with Crippen LogP contribution in [0.4, 0.5) is 0 Å². The third-order valence-corrected chi connectivity index (χ3v) is 4.72. The molecule has 2 rings (SSSR count). The van der Waals surface area contributed by atoms with Crippen molar-refractivity contribution in [3.8, 4) is 5.75 Å². The van der Waals surface area contributed by atoms with Crippen LogP contribution in [0.3, 0.4) is 0 Å². The van der Waals surface area contributed by atoms with E-state index in [9.17, 15) is 0 Å². The van der Waals surface area contributed by atoms with Gasteiger partial charge in [0.1, 0.15) is 5.75 Å². The Bertz CT molecular complexity index is 395. The first-order chi connectivity index (χ1) is 10.2. The average Bonchev–Trinajstić information content (AvgIpc) is 2.54. The normalized spacial score (nSPS) is 19.2. The van der Waals surface area contributed by atoms with Gasteiger partial charge in [-0.3, -0.25) is 0 Å². The van der Waals surface area contributed by atoms with Gasteiger partial charge in [-0.05, 0) is 56.7 Å². The molecule has 2 nitrogen and oxygen atoms in total. The molecule has 0 amide bonds. The zero-order chi connectivity index (χ0) is 15.1. The summed E-state index contributed by atoms with van der Waals surface area (Å²) in [5.41, 5.74) is 1.35. The molecule has 0 aliphatic heterocycles. The molecule has 0 aromatic heterocycles. The van der Waals surface area contributed by atoms with Gasteiger partial charge in [0, 0.05) is 12.1 Å². The predicted molar refractivity (Wildman–Crippen MR) is 89.8 cm³/mol. The minimum Gasteiger partial charge on any atom is -0.494 e. The highest BCUT2D eigenvalue weighted by atomic mass is 16.5. The number of nitrogens with one attached hydrogen (secondary N) is 1. The van der Waals surface area contributed by atoms with E-state index in [2.05, 4.69) is 50.4 Å². The molecule has 21 heavy (non-hydrogen) atoms. The summed E-state index contributed by atoms with van der Waals surface area (Å²) in [6, 6.07) is 9.58. The maximum Gasteiger partial charge on any atom is 0.119 e. The monoisotopic (exact) mass is 289 g/mol. The fourth-order valence-electron chi connectivity index (χ4n) is 3.33. The molecule has 2 atom stereocenters. The lowest BCUT2D eigenvalue weighted by Crippen LogP contribution is -2.36. The Labute approximate surface area is 130 Å². The highest BCUT2D eigenvalue weighted by Gasteiger charge is 2.21. The van der Waals surface area contributed by atoms with Crippen LogP contribution in [0.2, 0.25) is 0 Å². The Kier molecular flexibility index (Phi) is 6.56. The van der Waals surface area contributed by atoms with E-state index in [1.54, 1.807) is 0 Å². The van der Waals surface area contributed by atoms with Crippen molar-refractivity contribution in [2.45, 2.75) is 71.4 Å². The quantitative estimate of drug-likeness (QED) is 0.754. The molecule has 1 unspecified atom stereocenters. The van der Waals surface area contributed by atoms with Gasteiger partial charge in [-0.15, -0.1) is 0 Å². The minimum atomic E-state index is 0.405. The third-order valence-electron chi connectivity index (χ3n) is 4.72. The summed E-state index contributed by atoms with van der Waals surface area (Å²) in [5.74, 6) is 1.83. The molecule has 0 heterocycles. The van der Waals surface area contributed by atoms with Gasteiger partial charge in [-0.1, -0.05) is 38.3 Å². The molecular formula is C19H31NO. The summed E-state index contributed by atoms with van der Waals surface area (Å²) in [6.45, 7) is 7.55. The molecule has 0 bridgehead atoms. The van der Waals surface area contributed by atoms with Crippen LogP contribution in [0, 0.1) is 5.92 Å². The minimum absolute atomic E-state index is 0.405. The standard InChI is InChI=1S/C19H31NO/c1-4-14-21-19-12-10-18(11-13-19)16(3)20-15(2)17-8-6-5-7-9-17/h10-13,15-17,20H,4-9,14H2,1-3H3/t15-,16?/m0/s1. The molecule has 2 heteroatoms. The summed E-state index contributed by atoms with van der Waals surface area (Å²) >= 11 is 0. The van der Waals surface area contributed by atoms with Crippen molar-refractivity contribution in [3.05, 3.63) is 29.8 Å². The van der Waals surface area contributed by atoms with E-state index in [1.165, 1.54) is 37.7 Å². The molecule has 1 saturated carbocycles. The summed E-state index contributed by atoms with van der Waals surface area (Å²) in [6.07, 6.45) is 8.09. The molecule has 1 fully saturated rings. The summed E-state index contributed by atoms with van der Waals surface area (Å²) in [4.78, 5) is 0. The number of hydrogen-bond donors (Lipinski definition) is 1. The summed E-state index contributed by atoms with van der Waals surface area (Å²) < 4.78 is 5.65. The highest BCUT2D eigenvalue weighted by molar-refractivity contribution is 5.29. The Morgan fingerprint density at radius 3 is 2.38 bits per heavy atom. The van der Waals surface area contributed by atoms with Crippen LogP contribution in [0.5, 0.6) is 5.75 Å². The van der Waals surface area contributed by atoms with Gasteiger partial charge in [0.05, 0.1) is 6.61 Å². The molecular weight excluding hydrogens is 258 g/mol. The second-order valence-electron chi connectivity index (χ2n) is 6.49. The maximum absolute atomic E-state index is 5.65. The zero-order valence-electron chi connectivity index (χ0n) is 13.9. The van der Waals surface area contributed by atoms with Crippen LogP contribution in [-0.4, -0.2) is 12.6 Å². The first-order valence-corrected chi connectivity index (χ1v) is 8.69. The van der Waals surface area contributed by atoms with E-state index in [1.807, 2.05) is 0 Å². The second-order valence-corrected chi connectivity index (χ2v) is 6.49. The van der Waals surface area contributed by atoms with Gasteiger partial charge in [0.25, 0.3) is 0 Å². The van der Waals surface area contributed by atoms with Gasteiger partial charge in [-0.2, -0.15) is 0 Å². The van der Waals surface area contributed by atoms with E-state index in [0.717, 1.165) is 24.7 Å². The Morgan fingerprint density at radius 1 is 1.10 bits per heavy atom.